The molecule has 0 spiro atoms. The van der Waals surface area contributed by atoms with E-state index in [0.717, 1.165) is 76.7 Å². The van der Waals surface area contributed by atoms with Crippen molar-refractivity contribution in [2.75, 3.05) is 12.8 Å². The van der Waals surface area contributed by atoms with Gasteiger partial charge in [0.25, 0.3) is 0 Å². The summed E-state index contributed by atoms with van der Waals surface area (Å²) >= 11 is 0. The topological polar surface area (TPSA) is 78.8 Å². The zero-order chi connectivity index (χ0) is 25.4. The summed E-state index contributed by atoms with van der Waals surface area (Å²) in [6.45, 7) is 9.01. The van der Waals surface area contributed by atoms with Gasteiger partial charge in [0.1, 0.15) is 5.75 Å². The molecule has 2 N–H and O–H groups in total. The molecule has 190 valence electrons. The lowest BCUT2D eigenvalue weighted by Crippen LogP contribution is -2.10. The molecule has 6 heteroatoms. The molecule has 0 aliphatic carbocycles. The Morgan fingerprint density at radius 2 is 1.80 bits per heavy atom. The number of aromatic nitrogens is 1. The fourth-order valence-corrected chi connectivity index (χ4v) is 4.88. The monoisotopic (exact) mass is 479 g/mol. The lowest BCUT2D eigenvalue weighted by Gasteiger charge is -2.18. The number of nitrogens with zero attached hydrogens (tertiary/aromatic N) is 2. The van der Waals surface area contributed by atoms with Gasteiger partial charge >= 0.3 is 5.97 Å². The second-order valence-corrected chi connectivity index (χ2v) is 9.42. The number of nitrogens with two attached hydrogens (primary N) is 1. The third-order valence-corrected chi connectivity index (χ3v) is 6.81. The first kappa shape index (κ1) is 26.6. The molecule has 3 rings (SSSR count). The lowest BCUT2D eigenvalue weighted by molar-refractivity contribution is -0.140. The van der Waals surface area contributed by atoms with Gasteiger partial charge in [-0.1, -0.05) is 58.0 Å². The Balaban J connectivity index is 2.22. The Bertz CT molecular complexity index is 1180. The number of nitrogen functional groups attached to an aromatic ring is 1. The number of methoxy groups -OCH3 is 1. The summed E-state index contributed by atoms with van der Waals surface area (Å²) in [6.07, 6.45) is 8.65. The van der Waals surface area contributed by atoms with Crippen LogP contribution >= 0.6 is 0 Å². The van der Waals surface area contributed by atoms with Crippen molar-refractivity contribution in [2.45, 2.75) is 85.6 Å². The second-order valence-electron chi connectivity index (χ2n) is 9.42. The highest BCUT2D eigenvalue weighted by atomic mass is 16.7. The van der Waals surface area contributed by atoms with E-state index in [1.54, 1.807) is 7.11 Å². The number of ether oxygens (including phenoxy) is 1. The smallest absolute Gasteiger partial charge is 0.331 e. The van der Waals surface area contributed by atoms with Gasteiger partial charge in [0.15, 0.2) is 0 Å². The average Bonchev–Trinajstić information content (AvgIpc) is 3.15. The van der Waals surface area contributed by atoms with Crippen LogP contribution in [0.5, 0.6) is 5.75 Å². The first-order valence-corrected chi connectivity index (χ1v) is 13.1. The maximum Gasteiger partial charge on any atom is 0.331 e. The van der Waals surface area contributed by atoms with E-state index in [0.29, 0.717) is 12.3 Å². The molecule has 0 aliphatic heterocycles. The van der Waals surface area contributed by atoms with Crippen LogP contribution in [-0.2, 0) is 16.2 Å². The van der Waals surface area contributed by atoms with Crippen LogP contribution in [0.4, 0.5) is 5.69 Å². The predicted octanol–water partition coefficient (Wildman–Crippen LogP) is 7.45. The number of carbonyl (C=O) groups excluding carboxylic acids is 1. The minimum Gasteiger partial charge on any atom is -0.495 e. The van der Waals surface area contributed by atoms with Crippen molar-refractivity contribution in [1.82, 2.24) is 4.57 Å². The Morgan fingerprint density at radius 3 is 2.46 bits per heavy atom. The predicted molar refractivity (Wildman–Crippen MR) is 146 cm³/mol. The summed E-state index contributed by atoms with van der Waals surface area (Å²) in [6, 6.07) is 10.3. The van der Waals surface area contributed by atoms with Crippen LogP contribution < -0.4 is 10.5 Å². The van der Waals surface area contributed by atoms with Gasteiger partial charge in [0.05, 0.1) is 23.7 Å². The van der Waals surface area contributed by atoms with Gasteiger partial charge in [0, 0.05) is 35.6 Å². The first-order valence-electron chi connectivity index (χ1n) is 13.1. The average molecular weight is 480 g/mol. The van der Waals surface area contributed by atoms with Crippen molar-refractivity contribution < 1.29 is 14.4 Å². The van der Waals surface area contributed by atoms with Crippen molar-refractivity contribution in [2.24, 2.45) is 11.1 Å². The molecule has 6 nitrogen and oxygen atoms in total. The van der Waals surface area contributed by atoms with Gasteiger partial charge in [-0.2, -0.15) is 0 Å². The number of hydrogen-bond donors (Lipinski definition) is 1. The van der Waals surface area contributed by atoms with Crippen molar-refractivity contribution in [1.29, 1.82) is 0 Å². The van der Waals surface area contributed by atoms with Crippen molar-refractivity contribution in [3.05, 3.63) is 35.9 Å². The molecule has 1 heterocycles. The molecule has 0 bridgehead atoms. The highest BCUT2D eigenvalue weighted by Crippen LogP contribution is 2.40. The number of fused-ring (bicyclic) bond motifs is 3. The molecule has 3 aromatic rings. The van der Waals surface area contributed by atoms with Crippen LogP contribution in [0.15, 0.2) is 35.5 Å². The minimum atomic E-state index is -0.430. The van der Waals surface area contributed by atoms with Crippen molar-refractivity contribution >= 4 is 39.2 Å². The van der Waals surface area contributed by atoms with E-state index < -0.39 is 5.97 Å². The minimum absolute atomic E-state index is 0.430. The van der Waals surface area contributed by atoms with Gasteiger partial charge in [0.2, 0.25) is 0 Å². The van der Waals surface area contributed by atoms with Crippen molar-refractivity contribution in [3.63, 3.8) is 0 Å². The highest BCUT2D eigenvalue weighted by molar-refractivity contribution is 6.16. The molecule has 1 unspecified atom stereocenters. The summed E-state index contributed by atoms with van der Waals surface area (Å²) in [7, 11) is 1.69. The molecule has 2 aromatic carbocycles. The van der Waals surface area contributed by atoms with E-state index in [9.17, 15) is 4.79 Å². The lowest BCUT2D eigenvalue weighted by atomic mass is 9.99. The highest BCUT2D eigenvalue weighted by Gasteiger charge is 2.22. The molecular weight excluding hydrogens is 438 g/mol. The normalized spacial score (nSPS) is 12.9. The summed E-state index contributed by atoms with van der Waals surface area (Å²) in [5, 5.41) is 6.34. The maximum atomic E-state index is 11.5. The molecule has 0 aliphatic rings. The fourth-order valence-electron chi connectivity index (χ4n) is 4.88. The van der Waals surface area contributed by atoms with Crippen LogP contribution in [0.25, 0.3) is 21.8 Å². The molecule has 0 fully saturated rings. The SMILES string of the molecule is CCCCC/C(=N\OC(C)=O)c1ccc2c(c1OC)c1cc(N)ccc1n2CC(CC)CCCC. The number of carbonyl (C=O) groups is 1. The molecule has 0 saturated heterocycles. The van der Waals surface area contributed by atoms with E-state index in [1.807, 2.05) is 12.1 Å². The van der Waals surface area contributed by atoms with Gasteiger partial charge in [-0.25, -0.2) is 4.79 Å². The molecule has 35 heavy (non-hydrogen) atoms. The Kier molecular flexibility index (Phi) is 9.58. The largest absolute Gasteiger partial charge is 0.495 e. The van der Waals surface area contributed by atoms with Crippen LogP contribution in [-0.4, -0.2) is 23.4 Å². The molecule has 0 saturated carbocycles. The van der Waals surface area contributed by atoms with Gasteiger partial charge in [-0.15, -0.1) is 0 Å². The third-order valence-electron chi connectivity index (χ3n) is 6.81. The van der Waals surface area contributed by atoms with Gasteiger partial charge in [-0.05, 0) is 55.5 Å². The molecule has 0 radical (unpaired) electrons. The summed E-state index contributed by atoms with van der Waals surface area (Å²) in [5.74, 6) is 0.924. The van der Waals surface area contributed by atoms with E-state index in [2.05, 4.69) is 48.7 Å². The van der Waals surface area contributed by atoms with Crippen molar-refractivity contribution in [3.8, 4) is 5.75 Å². The van der Waals surface area contributed by atoms with Gasteiger partial charge in [-0.3, -0.25) is 0 Å². The molecule has 0 amide bonds. The zero-order valence-corrected chi connectivity index (χ0v) is 22.0. The molecule has 1 aromatic heterocycles. The van der Waals surface area contributed by atoms with Crippen LogP contribution in [0.2, 0.25) is 0 Å². The van der Waals surface area contributed by atoms with Crippen LogP contribution in [0.1, 0.15) is 84.6 Å². The zero-order valence-electron chi connectivity index (χ0n) is 22.0. The Labute approximate surface area is 209 Å². The maximum absolute atomic E-state index is 11.5. The molecule has 1 atom stereocenters. The first-order chi connectivity index (χ1) is 16.9. The van der Waals surface area contributed by atoms with E-state index >= 15 is 0 Å². The Morgan fingerprint density at radius 1 is 1.06 bits per heavy atom. The number of rotatable bonds is 13. The number of unbranched alkanes of at least 4 members (excludes halogenated alkanes) is 3. The summed E-state index contributed by atoms with van der Waals surface area (Å²) in [5.41, 5.74) is 10.8. The number of oxime groups is 1. The van der Waals surface area contributed by atoms with Crippen LogP contribution in [0, 0.1) is 5.92 Å². The second kappa shape index (κ2) is 12.6. The van der Waals surface area contributed by atoms with E-state index in [-0.39, 0.29) is 0 Å². The number of hydrogen-bond acceptors (Lipinski definition) is 5. The summed E-state index contributed by atoms with van der Waals surface area (Å²) < 4.78 is 8.45. The quantitative estimate of drug-likeness (QED) is 0.0908. The van der Waals surface area contributed by atoms with Crippen LogP contribution in [0.3, 0.4) is 0 Å². The van der Waals surface area contributed by atoms with E-state index in [1.165, 1.54) is 26.2 Å². The Hall–Kier alpha value is -3.02. The molecular formula is C29H41N3O3. The fraction of sp³-hybridized carbons (Fsp3) is 0.517. The standard InChI is InChI=1S/C29H41N3O3/c1-6-9-11-13-25(31-35-20(4)33)23-15-17-27-28(29(23)34-5)24-18-22(30)14-16-26(24)32(27)19-21(8-3)12-10-7-2/h14-18,21H,6-13,19,30H2,1-5H3/b31-25+. The summed E-state index contributed by atoms with van der Waals surface area (Å²) in [4.78, 5) is 16.6. The number of anilines is 1. The number of benzene rings is 2. The van der Waals surface area contributed by atoms with E-state index in [4.69, 9.17) is 15.3 Å². The third kappa shape index (κ3) is 6.16. The van der Waals surface area contributed by atoms with Gasteiger partial charge < -0.3 is 19.9 Å².